The first-order valence-corrected chi connectivity index (χ1v) is 4.33. The molecule has 1 aromatic carbocycles. The lowest BCUT2D eigenvalue weighted by Crippen LogP contribution is -2.18. The van der Waals surface area contributed by atoms with E-state index in [4.69, 9.17) is 10.00 Å². The lowest BCUT2D eigenvalue weighted by molar-refractivity contribution is 0.177. The molecule has 1 amide bonds. The quantitative estimate of drug-likeness (QED) is 0.818. The van der Waals surface area contributed by atoms with Gasteiger partial charge in [-0.2, -0.15) is 5.26 Å². The summed E-state index contributed by atoms with van der Waals surface area (Å²) in [5.74, 6) is -0.563. The maximum atomic E-state index is 13.0. The maximum Gasteiger partial charge on any atom is 0.407 e. The highest BCUT2D eigenvalue weighted by atomic mass is 35.5. The van der Waals surface area contributed by atoms with Crippen LogP contribution in [0.3, 0.4) is 0 Å². The van der Waals surface area contributed by atoms with Crippen LogP contribution in [0.4, 0.5) is 9.18 Å². The van der Waals surface area contributed by atoms with Crippen molar-refractivity contribution >= 4 is 18.5 Å². The molecule has 1 fully saturated rings. The number of benzene rings is 1. The maximum absolute atomic E-state index is 13.0. The van der Waals surface area contributed by atoms with Crippen LogP contribution in [0.2, 0.25) is 0 Å². The molecule has 0 bridgehead atoms. The van der Waals surface area contributed by atoms with Crippen LogP contribution in [0.15, 0.2) is 18.2 Å². The van der Waals surface area contributed by atoms with E-state index in [2.05, 4.69) is 5.32 Å². The van der Waals surface area contributed by atoms with Crippen molar-refractivity contribution in [1.29, 1.82) is 5.26 Å². The van der Waals surface area contributed by atoms with Gasteiger partial charge in [0.15, 0.2) is 0 Å². The Balaban J connectivity index is 0.00000128. The van der Waals surface area contributed by atoms with Crippen molar-refractivity contribution in [3.8, 4) is 6.07 Å². The minimum Gasteiger partial charge on any atom is -0.447 e. The SMILES string of the molecule is Cl.N#Cc1cc([C@H]2COC(=O)N2)ccc1F. The van der Waals surface area contributed by atoms with Crippen molar-refractivity contribution in [2.45, 2.75) is 6.04 Å². The number of alkyl carbamates (subject to hydrolysis) is 1. The van der Waals surface area contributed by atoms with E-state index in [1.807, 2.05) is 0 Å². The van der Waals surface area contributed by atoms with Gasteiger partial charge in [0.25, 0.3) is 0 Å². The second kappa shape index (κ2) is 4.81. The molecule has 1 aliphatic heterocycles. The van der Waals surface area contributed by atoms with Crippen LogP contribution >= 0.6 is 12.4 Å². The zero-order chi connectivity index (χ0) is 10.8. The third-order valence-corrected chi connectivity index (χ3v) is 2.19. The molecule has 1 aromatic rings. The monoisotopic (exact) mass is 242 g/mol. The second-order valence-corrected chi connectivity index (χ2v) is 3.15. The Morgan fingerprint density at radius 1 is 1.56 bits per heavy atom. The van der Waals surface area contributed by atoms with Crippen molar-refractivity contribution < 1.29 is 13.9 Å². The highest BCUT2D eigenvalue weighted by Gasteiger charge is 2.24. The van der Waals surface area contributed by atoms with Gasteiger partial charge >= 0.3 is 6.09 Å². The third kappa shape index (κ3) is 2.23. The number of nitrogens with one attached hydrogen (secondary N) is 1. The van der Waals surface area contributed by atoms with Gasteiger partial charge in [0, 0.05) is 0 Å². The van der Waals surface area contributed by atoms with E-state index in [1.54, 1.807) is 6.07 Å². The normalized spacial score (nSPS) is 18.0. The minimum absolute atomic E-state index is 0. The van der Waals surface area contributed by atoms with Gasteiger partial charge in [0.05, 0.1) is 11.6 Å². The van der Waals surface area contributed by atoms with Crippen LogP contribution in [-0.2, 0) is 4.74 Å². The minimum atomic E-state index is -0.563. The van der Waals surface area contributed by atoms with Crippen molar-refractivity contribution in [2.24, 2.45) is 0 Å². The number of nitrogens with zero attached hydrogens (tertiary/aromatic N) is 1. The summed E-state index contributed by atoms with van der Waals surface area (Å²) in [6.07, 6.45) is -0.497. The van der Waals surface area contributed by atoms with E-state index >= 15 is 0 Å². The van der Waals surface area contributed by atoms with Crippen LogP contribution in [0, 0.1) is 17.1 Å². The number of hydrogen-bond donors (Lipinski definition) is 1. The van der Waals surface area contributed by atoms with Gasteiger partial charge in [-0.15, -0.1) is 12.4 Å². The van der Waals surface area contributed by atoms with E-state index in [1.165, 1.54) is 18.2 Å². The molecular formula is C10H8ClFN2O2. The summed E-state index contributed by atoms with van der Waals surface area (Å²) in [5.41, 5.74) is 0.632. The van der Waals surface area contributed by atoms with E-state index in [0.29, 0.717) is 5.56 Å². The lowest BCUT2D eigenvalue weighted by Gasteiger charge is -2.07. The lowest BCUT2D eigenvalue weighted by atomic mass is 10.1. The smallest absolute Gasteiger partial charge is 0.407 e. The molecule has 6 heteroatoms. The van der Waals surface area contributed by atoms with Crippen molar-refractivity contribution in [3.63, 3.8) is 0 Å². The molecule has 0 spiro atoms. The zero-order valence-corrected chi connectivity index (χ0v) is 8.88. The molecule has 1 aliphatic rings. The van der Waals surface area contributed by atoms with Gasteiger partial charge in [0.1, 0.15) is 18.5 Å². The number of ether oxygens (including phenoxy) is 1. The molecule has 1 heterocycles. The van der Waals surface area contributed by atoms with Gasteiger partial charge in [-0.05, 0) is 17.7 Å². The first-order valence-electron chi connectivity index (χ1n) is 4.33. The average Bonchev–Trinajstić information content (AvgIpc) is 2.66. The summed E-state index contributed by atoms with van der Waals surface area (Å²) >= 11 is 0. The third-order valence-electron chi connectivity index (χ3n) is 2.19. The number of nitriles is 1. The number of amides is 1. The van der Waals surface area contributed by atoms with Crippen LogP contribution < -0.4 is 5.32 Å². The fourth-order valence-electron chi connectivity index (χ4n) is 1.41. The number of cyclic esters (lactones) is 1. The summed E-state index contributed by atoms with van der Waals surface area (Å²) < 4.78 is 17.7. The first kappa shape index (κ1) is 12.3. The fraction of sp³-hybridized carbons (Fsp3) is 0.200. The van der Waals surface area contributed by atoms with Gasteiger partial charge in [-0.25, -0.2) is 9.18 Å². The predicted molar refractivity (Wildman–Crippen MR) is 55.6 cm³/mol. The second-order valence-electron chi connectivity index (χ2n) is 3.15. The van der Waals surface area contributed by atoms with E-state index in [9.17, 15) is 9.18 Å². The van der Waals surface area contributed by atoms with Crippen LogP contribution in [0.5, 0.6) is 0 Å². The van der Waals surface area contributed by atoms with Gasteiger partial charge in [0.2, 0.25) is 0 Å². The molecule has 4 nitrogen and oxygen atoms in total. The summed E-state index contributed by atoms with van der Waals surface area (Å²) in [7, 11) is 0. The topological polar surface area (TPSA) is 62.1 Å². The number of halogens is 2. The highest BCUT2D eigenvalue weighted by Crippen LogP contribution is 2.20. The fourth-order valence-corrected chi connectivity index (χ4v) is 1.41. The number of carbonyl (C=O) groups is 1. The summed E-state index contributed by atoms with van der Waals surface area (Å²) in [4.78, 5) is 10.8. The van der Waals surface area contributed by atoms with E-state index in [0.717, 1.165) is 0 Å². The Bertz CT molecular complexity index is 459. The molecule has 1 saturated heterocycles. The largest absolute Gasteiger partial charge is 0.447 e. The Labute approximate surface area is 97.4 Å². The molecular weight excluding hydrogens is 235 g/mol. The molecule has 0 aromatic heterocycles. The van der Waals surface area contributed by atoms with Crippen molar-refractivity contribution in [2.75, 3.05) is 6.61 Å². The predicted octanol–water partition coefficient (Wildman–Crippen LogP) is 1.90. The Morgan fingerprint density at radius 3 is 2.88 bits per heavy atom. The summed E-state index contributed by atoms with van der Waals surface area (Å²) in [6, 6.07) is 5.58. The van der Waals surface area contributed by atoms with E-state index < -0.39 is 11.9 Å². The number of rotatable bonds is 1. The Morgan fingerprint density at radius 2 is 2.31 bits per heavy atom. The van der Waals surface area contributed by atoms with Crippen molar-refractivity contribution in [3.05, 3.63) is 35.1 Å². The molecule has 16 heavy (non-hydrogen) atoms. The van der Waals surface area contributed by atoms with Gasteiger partial charge in [-0.3, -0.25) is 0 Å². The van der Waals surface area contributed by atoms with E-state index in [-0.39, 0.29) is 30.6 Å². The first-order chi connectivity index (χ1) is 7.20. The summed E-state index contributed by atoms with van der Waals surface area (Å²) in [6.45, 7) is 0.204. The van der Waals surface area contributed by atoms with Gasteiger partial charge in [-0.1, -0.05) is 6.07 Å². The van der Waals surface area contributed by atoms with Crippen LogP contribution in [0.25, 0.3) is 0 Å². The molecule has 0 aliphatic carbocycles. The molecule has 0 unspecified atom stereocenters. The molecule has 1 N–H and O–H groups in total. The standard InChI is InChI=1S/C10H7FN2O2.ClH/c11-8-2-1-6(3-7(8)4-12)9-5-15-10(14)13-9;/h1-3,9H,5H2,(H,13,14);1H/t9-;/m1./s1. The molecule has 0 radical (unpaired) electrons. The zero-order valence-electron chi connectivity index (χ0n) is 8.07. The van der Waals surface area contributed by atoms with Crippen LogP contribution in [-0.4, -0.2) is 12.7 Å². The molecule has 1 atom stereocenters. The summed E-state index contributed by atoms with van der Waals surface area (Å²) in [5, 5.41) is 11.2. The number of hydrogen-bond acceptors (Lipinski definition) is 3. The molecule has 0 saturated carbocycles. The van der Waals surface area contributed by atoms with Crippen molar-refractivity contribution in [1.82, 2.24) is 5.32 Å². The highest BCUT2D eigenvalue weighted by molar-refractivity contribution is 5.85. The Kier molecular flexibility index (Phi) is 3.69. The van der Waals surface area contributed by atoms with Crippen LogP contribution in [0.1, 0.15) is 17.2 Å². The Hall–Kier alpha value is -1.80. The number of carbonyl (C=O) groups excluding carboxylic acids is 1. The molecule has 2 rings (SSSR count). The average molecular weight is 243 g/mol. The molecule has 84 valence electrons. The van der Waals surface area contributed by atoms with Gasteiger partial charge < -0.3 is 10.1 Å².